The van der Waals surface area contributed by atoms with Crippen LogP contribution >= 0.6 is 23.1 Å². The van der Waals surface area contributed by atoms with Crippen molar-refractivity contribution < 1.29 is 19.1 Å². The molecule has 0 aliphatic rings. The van der Waals surface area contributed by atoms with E-state index in [9.17, 15) is 14.4 Å². The van der Waals surface area contributed by atoms with E-state index in [0.29, 0.717) is 22.7 Å². The molecule has 33 heavy (non-hydrogen) atoms. The highest BCUT2D eigenvalue weighted by Crippen LogP contribution is 2.36. The van der Waals surface area contributed by atoms with Gasteiger partial charge in [0.1, 0.15) is 10.6 Å². The monoisotopic (exact) mass is 482 g/mol. The Balaban J connectivity index is 1.69. The van der Waals surface area contributed by atoms with E-state index in [4.69, 9.17) is 4.74 Å². The van der Waals surface area contributed by atoms with Crippen LogP contribution in [0.15, 0.2) is 64.9 Å². The third-order valence-electron chi connectivity index (χ3n) is 4.57. The molecule has 8 heteroatoms. The molecule has 2 aromatic carbocycles. The lowest BCUT2D eigenvalue weighted by Crippen LogP contribution is -2.16. The SMILES string of the molecule is CCCC(=O)Nc1cccc(SCC(=O)Nc2scc(-c3ccccc3)c2C(=O)OCC)c1. The number of esters is 1. The van der Waals surface area contributed by atoms with Crippen molar-refractivity contribution in [3.8, 4) is 11.1 Å². The Labute approximate surface area is 201 Å². The van der Waals surface area contributed by atoms with E-state index in [2.05, 4.69) is 10.6 Å². The van der Waals surface area contributed by atoms with E-state index < -0.39 is 5.97 Å². The van der Waals surface area contributed by atoms with E-state index in [0.717, 1.165) is 22.4 Å². The van der Waals surface area contributed by atoms with Gasteiger partial charge in [-0.2, -0.15) is 0 Å². The second kappa shape index (κ2) is 12.2. The van der Waals surface area contributed by atoms with Crippen LogP contribution in [0.4, 0.5) is 10.7 Å². The number of carbonyl (C=O) groups excluding carboxylic acids is 3. The molecule has 0 saturated heterocycles. The van der Waals surface area contributed by atoms with Gasteiger partial charge < -0.3 is 15.4 Å². The molecule has 0 atom stereocenters. The van der Waals surface area contributed by atoms with Crippen LogP contribution in [0.2, 0.25) is 0 Å². The number of amides is 2. The standard InChI is InChI=1S/C25H26N2O4S2/c1-3-9-21(28)26-18-12-8-13-19(14-18)32-16-22(29)27-24-23(25(30)31-4-2)20(15-33-24)17-10-6-5-7-11-17/h5-8,10-15H,3-4,9,16H2,1-2H3,(H,26,28)(H,27,29). The summed E-state index contributed by atoms with van der Waals surface area (Å²) in [5, 5.41) is 8.05. The third-order valence-corrected chi connectivity index (χ3v) is 6.46. The average Bonchev–Trinajstić information content (AvgIpc) is 3.22. The van der Waals surface area contributed by atoms with Gasteiger partial charge in [-0.1, -0.05) is 43.3 Å². The molecule has 0 aliphatic heterocycles. The second-order valence-electron chi connectivity index (χ2n) is 7.10. The Morgan fingerprint density at radius 3 is 2.48 bits per heavy atom. The molecule has 3 aromatic rings. The normalized spacial score (nSPS) is 10.5. The lowest BCUT2D eigenvalue weighted by atomic mass is 10.0. The molecule has 0 aliphatic carbocycles. The van der Waals surface area contributed by atoms with Crippen molar-refractivity contribution in [1.82, 2.24) is 0 Å². The smallest absolute Gasteiger partial charge is 0.341 e. The molecule has 0 bridgehead atoms. The lowest BCUT2D eigenvalue weighted by molar-refractivity contribution is -0.116. The summed E-state index contributed by atoms with van der Waals surface area (Å²) in [7, 11) is 0. The van der Waals surface area contributed by atoms with Gasteiger partial charge in [0.25, 0.3) is 0 Å². The summed E-state index contributed by atoms with van der Waals surface area (Å²) in [6.45, 7) is 3.95. The maximum atomic E-state index is 12.7. The van der Waals surface area contributed by atoms with E-state index >= 15 is 0 Å². The number of nitrogens with one attached hydrogen (secondary N) is 2. The molecule has 3 rings (SSSR count). The van der Waals surface area contributed by atoms with Gasteiger partial charge in [-0.15, -0.1) is 23.1 Å². The van der Waals surface area contributed by atoms with Crippen molar-refractivity contribution in [2.45, 2.75) is 31.6 Å². The van der Waals surface area contributed by atoms with Crippen LogP contribution in [0.3, 0.4) is 0 Å². The van der Waals surface area contributed by atoms with Crippen molar-refractivity contribution in [2.75, 3.05) is 23.0 Å². The Morgan fingerprint density at radius 2 is 1.76 bits per heavy atom. The zero-order valence-corrected chi connectivity index (χ0v) is 20.2. The van der Waals surface area contributed by atoms with Crippen LogP contribution in [0.1, 0.15) is 37.0 Å². The average molecular weight is 483 g/mol. The first-order valence-electron chi connectivity index (χ1n) is 10.7. The fourth-order valence-electron chi connectivity index (χ4n) is 3.11. The van der Waals surface area contributed by atoms with Gasteiger partial charge in [-0.25, -0.2) is 4.79 Å². The number of thiophene rings is 1. The highest BCUT2D eigenvalue weighted by molar-refractivity contribution is 8.00. The van der Waals surface area contributed by atoms with Crippen LogP contribution in [0, 0.1) is 0 Å². The number of ether oxygens (including phenoxy) is 1. The third kappa shape index (κ3) is 6.94. The second-order valence-corrected chi connectivity index (χ2v) is 9.03. The summed E-state index contributed by atoms with van der Waals surface area (Å²) in [5.74, 6) is -0.563. The van der Waals surface area contributed by atoms with Gasteiger partial charge in [0.2, 0.25) is 11.8 Å². The highest BCUT2D eigenvalue weighted by Gasteiger charge is 2.22. The van der Waals surface area contributed by atoms with Gasteiger partial charge in [0.15, 0.2) is 0 Å². The number of thioether (sulfide) groups is 1. The van der Waals surface area contributed by atoms with Gasteiger partial charge in [0.05, 0.1) is 12.4 Å². The predicted molar refractivity (Wildman–Crippen MR) is 135 cm³/mol. The minimum atomic E-state index is -0.462. The number of anilines is 2. The van der Waals surface area contributed by atoms with Gasteiger partial charge in [0, 0.05) is 27.9 Å². The maximum Gasteiger partial charge on any atom is 0.341 e. The zero-order chi connectivity index (χ0) is 23.6. The van der Waals surface area contributed by atoms with E-state index in [1.807, 2.05) is 66.9 Å². The molecule has 6 nitrogen and oxygen atoms in total. The molecule has 2 N–H and O–H groups in total. The molecular formula is C25H26N2O4S2. The summed E-state index contributed by atoms with van der Waals surface area (Å²) in [6, 6.07) is 16.9. The molecule has 0 unspecified atom stereocenters. The lowest BCUT2D eigenvalue weighted by Gasteiger charge is -2.09. The molecular weight excluding hydrogens is 456 g/mol. The van der Waals surface area contributed by atoms with Gasteiger partial charge in [-0.05, 0) is 37.1 Å². The fraction of sp³-hybridized carbons (Fsp3) is 0.240. The summed E-state index contributed by atoms with van der Waals surface area (Å²) >= 11 is 2.65. The van der Waals surface area contributed by atoms with Crippen molar-refractivity contribution in [2.24, 2.45) is 0 Å². The Hall–Kier alpha value is -3.10. The highest BCUT2D eigenvalue weighted by atomic mass is 32.2. The first kappa shape index (κ1) is 24.5. The van der Waals surface area contributed by atoms with E-state index in [-0.39, 0.29) is 24.2 Å². The van der Waals surface area contributed by atoms with Crippen molar-refractivity contribution in [1.29, 1.82) is 0 Å². The van der Waals surface area contributed by atoms with Crippen molar-refractivity contribution in [3.63, 3.8) is 0 Å². The Morgan fingerprint density at radius 1 is 0.970 bits per heavy atom. The summed E-state index contributed by atoms with van der Waals surface area (Å²) in [4.78, 5) is 38.0. The van der Waals surface area contributed by atoms with Crippen LogP contribution in [0.5, 0.6) is 0 Å². The summed E-state index contributed by atoms with van der Waals surface area (Å²) < 4.78 is 5.24. The molecule has 0 radical (unpaired) electrons. The first-order chi connectivity index (χ1) is 16.0. The molecule has 0 fully saturated rings. The number of carbonyl (C=O) groups is 3. The van der Waals surface area contributed by atoms with Crippen molar-refractivity contribution in [3.05, 3.63) is 65.5 Å². The van der Waals surface area contributed by atoms with Crippen molar-refractivity contribution >= 4 is 51.6 Å². The van der Waals surface area contributed by atoms with Crippen LogP contribution in [-0.2, 0) is 14.3 Å². The quantitative estimate of drug-likeness (QED) is 0.271. The van der Waals surface area contributed by atoms with Gasteiger partial charge >= 0.3 is 5.97 Å². The molecule has 0 saturated carbocycles. The van der Waals surface area contributed by atoms with E-state index in [1.165, 1.54) is 23.1 Å². The zero-order valence-electron chi connectivity index (χ0n) is 18.6. The molecule has 1 aromatic heterocycles. The Bertz CT molecular complexity index is 1110. The summed E-state index contributed by atoms with van der Waals surface area (Å²) in [6.07, 6.45) is 1.25. The Kier molecular flexibility index (Phi) is 9.09. The number of hydrogen-bond donors (Lipinski definition) is 2. The largest absolute Gasteiger partial charge is 0.462 e. The van der Waals surface area contributed by atoms with Gasteiger partial charge in [-0.3, -0.25) is 9.59 Å². The fourth-order valence-corrected chi connectivity index (χ4v) is 4.84. The number of benzene rings is 2. The minimum Gasteiger partial charge on any atom is -0.462 e. The molecule has 1 heterocycles. The molecule has 2 amide bonds. The number of rotatable bonds is 10. The molecule has 172 valence electrons. The van der Waals surface area contributed by atoms with Crippen LogP contribution < -0.4 is 10.6 Å². The first-order valence-corrected chi connectivity index (χ1v) is 12.5. The minimum absolute atomic E-state index is 0.0317. The maximum absolute atomic E-state index is 12.7. The number of hydrogen-bond acceptors (Lipinski definition) is 6. The topological polar surface area (TPSA) is 84.5 Å². The molecule has 0 spiro atoms. The van der Waals surface area contributed by atoms with Crippen LogP contribution in [-0.4, -0.2) is 30.1 Å². The van der Waals surface area contributed by atoms with Crippen LogP contribution in [0.25, 0.3) is 11.1 Å². The predicted octanol–water partition coefficient (Wildman–Crippen LogP) is 6.06. The summed E-state index contributed by atoms with van der Waals surface area (Å²) in [5.41, 5.74) is 2.69. The van der Waals surface area contributed by atoms with E-state index in [1.54, 1.807) is 6.92 Å².